The normalized spacial score (nSPS) is 10.5. The minimum absolute atomic E-state index is 0.0825. The third-order valence-corrected chi connectivity index (χ3v) is 6.36. The second-order valence-electron chi connectivity index (χ2n) is 9.17. The van der Waals surface area contributed by atoms with Gasteiger partial charge in [0.2, 0.25) is 0 Å². The summed E-state index contributed by atoms with van der Waals surface area (Å²) in [6.45, 7) is 2.02. The monoisotopic (exact) mass is 510 g/mol. The van der Waals surface area contributed by atoms with Gasteiger partial charge in [0.1, 0.15) is 0 Å². The number of benzene rings is 5. The van der Waals surface area contributed by atoms with E-state index in [2.05, 4.69) is 10.6 Å². The van der Waals surface area contributed by atoms with Crippen molar-refractivity contribution in [3.8, 4) is 11.1 Å². The maximum atomic E-state index is 13.2. The molecule has 2 amide bonds. The van der Waals surface area contributed by atoms with Crippen LogP contribution in [0.1, 0.15) is 42.2 Å². The molecule has 0 spiro atoms. The molecule has 0 bridgehead atoms. The Morgan fingerprint density at radius 1 is 0.513 bits per heavy atom. The maximum absolute atomic E-state index is 13.2. The highest BCUT2D eigenvalue weighted by molar-refractivity contribution is 6.11. The van der Waals surface area contributed by atoms with Crippen molar-refractivity contribution in [2.24, 2.45) is 0 Å². The van der Waals surface area contributed by atoms with E-state index in [1.54, 1.807) is 66.7 Å². The zero-order valence-corrected chi connectivity index (χ0v) is 21.3. The van der Waals surface area contributed by atoms with Gasteiger partial charge in [0, 0.05) is 33.6 Å². The van der Waals surface area contributed by atoms with E-state index in [-0.39, 0.29) is 17.6 Å². The second kappa shape index (κ2) is 11.4. The third kappa shape index (κ3) is 6.00. The highest BCUT2D eigenvalue weighted by atomic mass is 16.2. The Morgan fingerprint density at radius 3 is 1.87 bits per heavy atom. The number of ketones is 1. The van der Waals surface area contributed by atoms with Crippen LogP contribution in [0.25, 0.3) is 11.1 Å². The lowest BCUT2D eigenvalue weighted by molar-refractivity contribution is 0.101. The molecule has 0 radical (unpaired) electrons. The molecular weight excluding hydrogens is 484 g/mol. The molecule has 0 saturated heterocycles. The molecule has 2 N–H and O–H groups in total. The average Bonchev–Trinajstić information content (AvgIpc) is 2.98. The lowest BCUT2D eigenvalue weighted by Gasteiger charge is -2.12. The minimum atomic E-state index is -0.326. The summed E-state index contributed by atoms with van der Waals surface area (Å²) in [7, 11) is 0. The fourth-order valence-electron chi connectivity index (χ4n) is 4.27. The number of rotatable bonds is 7. The van der Waals surface area contributed by atoms with Crippen molar-refractivity contribution < 1.29 is 14.4 Å². The van der Waals surface area contributed by atoms with Crippen LogP contribution in [-0.2, 0) is 0 Å². The summed E-state index contributed by atoms with van der Waals surface area (Å²) in [5.41, 5.74) is 6.08. The van der Waals surface area contributed by atoms with Gasteiger partial charge in [-0.05, 0) is 66.6 Å². The first-order valence-corrected chi connectivity index (χ1v) is 12.6. The zero-order chi connectivity index (χ0) is 27.2. The summed E-state index contributed by atoms with van der Waals surface area (Å²) in [5, 5.41) is 5.77. The van der Waals surface area contributed by atoms with Gasteiger partial charge in [0.25, 0.3) is 11.8 Å². The fourth-order valence-corrected chi connectivity index (χ4v) is 4.27. The molecule has 0 aliphatic heterocycles. The predicted octanol–water partition coefficient (Wildman–Crippen LogP) is 7.40. The molecule has 5 aromatic carbocycles. The fraction of sp³-hybridized carbons (Fsp3) is 0.0294. The molecule has 5 heteroatoms. The molecule has 5 aromatic rings. The molecule has 0 aliphatic rings. The molecule has 5 rings (SSSR count). The van der Waals surface area contributed by atoms with Crippen LogP contribution in [-0.4, -0.2) is 17.6 Å². The topological polar surface area (TPSA) is 75.3 Å². The molecule has 0 aliphatic carbocycles. The lowest BCUT2D eigenvalue weighted by atomic mass is 9.98. The number of anilines is 2. The number of hydrogen-bond donors (Lipinski definition) is 2. The molecule has 0 unspecified atom stereocenters. The Labute approximate surface area is 227 Å². The van der Waals surface area contributed by atoms with Crippen molar-refractivity contribution in [2.45, 2.75) is 6.92 Å². The quantitative estimate of drug-likeness (QED) is 0.224. The van der Waals surface area contributed by atoms with E-state index >= 15 is 0 Å². The second-order valence-corrected chi connectivity index (χ2v) is 9.17. The largest absolute Gasteiger partial charge is 0.322 e. The summed E-state index contributed by atoms with van der Waals surface area (Å²) >= 11 is 0. The highest BCUT2D eigenvalue weighted by Crippen LogP contribution is 2.25. The molecule has 0 saturated carbocycles. The van der Waals surface area contributed by atoms with Gasteiger partial charge in [0.15, 0.2) is 5.78 Å². The Hall–Kier alpha value is -5.29. The SMILES string of the molecule is Cc1ccc(-c2ccccc2C(=O)Nc2cccc(C(=O)Nc3ccc(C(=O)c4ccccc4)cc3)c2)cc1. The standard InChI is InChI=1S/C34H26N2O3/c1-23-14-16-24(17-15-23)30-12-5-6-13-31(30)34(39)36-29-11-7-10-27(22-29)33(38)35-28-20-18-26(19-21-28)32(37)25-8-3-2-4-9-25/h2-22H,1H3,(H,35,38)(H,36,39). The van der Waals surface area contributed by atoms with E-state index in [9.17, 15) is 14.4 Å². The first kappa shape index (κ1) is 25.4. The highest BCUT2D eigenvalue weighted by Gasteiger charge is 2.14. The molecule has 0 atom stereocenters. The average molecular weight is 511 g/mol. The maximum Gasteiger partial charge on any atom is 0.256 e. The Bertz CT molecular complexity index is 1640. The van der Waals surface area contributed by atoms with Gasteiger partial charge < -0.3 is 10.6 Å². The molecule has 0 heterocycles. The summed E-state index contributed by atoms with van der Waals surface area (Å²) in [6, 6.07) is 38.0. The summed E-state index contributed by atoms with van der Waals surface area (Å²) in [4.78, 5) is 38.8. The van der Waals surface area contributed by atoms with Crippen molar-refractivity contribution in [1.82, 2.24) is 0 Å². The van der Waals surface area contributed by atoms with Crippen molar-refractivity contribution >= 4 is 29.0 Å². The van der Waals surface area contributed by atoms with Crippen LogP contribution in [0.4, 0.5) is 11.4 Å². The number of carbonyl (C=O) groups excluding carboxylic acids is 3. The molecule has 39 heavy (non-hydrogen) atoms. The van der Waals surface area contributed by atoms with Crippen LogP contribution >= 0.6 is 0 Å². The van der Waals surface area contributed by atoms with Crippen molar-refractivity contribution in [1.29, 1.82) is 0 Å². The van der Waals surface area contributed by atoms with Gasteiger partial charge >= 0.3 is 0 Å². The summed E-state index contributed by atoms with van der Waals surface area (Å²) in [6.07, 6.45) is 0. The third-order valence-electron chi connectivity index (χ3n) is 6.36. The van der Waals surface area contributed by atoms with E-state index in [1.807, 2.05) is 67.6 Å². The van der Waals surface area contributed by atoms with E-state index < -0.39 is 0 Å². The Balaban J connectivity index is 1.28. The van der Waals surface area contributed by atoms with Crippen molar-refractivity contribution in [3.63, 3.8) is 0 Å². The molecular formula is C34H26N2O3. The molecule has 5 nitrogen and oxygen atoms in total. The van der Waals surface area contributed by atoms with E-state index in [1.165, 1.54) is 0 Å². The predicted molar refractivity (Wildman–Crippen MR) is 155 cm³/mol. The zero-order valence-electron chi connectivity index (χ0n) is 21.3. The molecule has 0 aromatic heterocycles. The molecule has 0 fully saturated rings. The van der Waals surface area contributed by atoms with Crippen molar-refractivity contribution in [3.05, 3.63) is 155 Å². The Kier molecular flexibility index (Phi) is 7.41. The van der Waals surface area contributed by atoms with Crippen LogP contribution in [0.5, 0.6) is 0 Å². The molecule has 190 valence electrons. The number of carbonyl (C=O) groups is 3. The van der Waals surface area contributed by atoms with E-state index in [4.69, 9.17) is 0 Å². The summed E-state index contributed by atoms with van der Waals surface area (Å²) < 4.78 is 0. The smallest absolute Gasteiger partial charge is 0.256 e. The van der Waals surface area contributed by atoms with Crippen LogP contribution in [0, 0.1) is 6.92 Å². The summed E-state index contributed by atoms with van der Waals surface area (Å²) in [5.74, 6) is -0.670. The number of nitrogens with one attached hydrogen (secondary N) is 2. The number of aryl methyl sites for hydroxylation is 1. The van der Waals surface area contributed by atoms with Crippen molar-refractivity contribution in [2.75, 3.05) is 10.6 Å². The van der Waals surface area contributed by atoms with Gasteiger partial charge in [-0.3, -0.25) is 14.4 Å². The minimum Gasteiger partial charge on any atom is -0.322 e. The van der Waals surface area contributed by atoms with Gasteiger partial charge in [-0.1, -0.05) is 84.4 Å². The van der Waals surface area contributed by atoms with E-state index in [0.29, 0.717) is 33.6 Å². The van der Waals surface area contributed by atoms with Crippen LogP contribution in [0.2, 0.25) is 0 Å². The van der Waals surface area contributed by atoms with Crippen LogP contribution in [0.3, 0.4) is 0 Å². The van der Waals surface area contributed by atoms with Crippen LogP contribution in [0.15, 0.2) is 127 Å². The first-order valence-electron chi connectivity index (χ1n) is 12.6. The van der Waals surface area contributed by atoms with Gasteiger partial charge in [0.05, 0.1) is 0 Å². The van der Waals surface area contributed by atoms with E-state index in [0.717, 1.165) is 16.7 Å². The van der Waals surface area contributed by atoms with Gasteiger partial charge in [-0.2, -0.15) is 0 Å². The van der Waals surface area contributed by atoms with Gasteiger partial charge in [-0.25, -0.2) is 0 Å². The number of amides is 2. The lowest BCUT2D eigenvalue weighted by Crippen LogP contribution is -2.15. The number of hydrogen-bond acceptors (Lipinski definition) is 3. The first-order chi connectivity index (χ1) is 19.0. The Morgan fingerprint density at radius 2 is 1.13 bits per heavy atom. The van der Waals surface area contributed by atoms with Crippen LogP contribution < -0.4 is 10.6 Å². The van der Waals surface area contributed by atoms with Gasteiger partial charge in [-0.15, -0.1) is 0 Å².